The molecule has 1 aromatic carbocycles. The smallest absolute Gasteiger partial charge is 0.115 e. The number of hydrogen-bond acceptors (Lipinski definition) is 2. The van der Waals surface area contributed by atoms with Crippen molar-refractivity contribution in [3.8, 4) is 5.75 Å². The van der Waals surface area contributed by atoms with Gasteiger partial charge in [-0.25, -0.2) is 0 Å². The Bertz CT molecular complexity index is 191. The Labute approximate surface area is 86.5 Å². The van der Waals surface area contributed by atoms with E-state index in [0.29, 0.717) is 5.75 Å². The Morgan fingerprint density at radius 2 is 1.38 bits per heavy atom. The third-order valence-electron chi connectivity index (χ3n) is 1.09. The van der Waals surface area contributed by atoms with Gasteiger partial charge in [-0.2, -0.15) is 12.6 Å². The molecule has 0 aromatic heterocycles. The second-order valence-electron chi connectivity index (χ2n) is 2.00. The quantitative estimate of drug-likeness (QED) is 0.483. The Morgan fingerprint density at radius 3 is 1.54 bits per heavy atom. The van der Waals surface area contributed by atoms with Crippen molar-refractivity contribution in [1.29, 1.82) is 0 Å². The number of benzene rings is 1. The molecule has 1 N–H and O–H groups in total. The summed E-state index contributed by atoms with van der Waals surface area (Å²) >= 11 is 3.53. The molecule has 0 amide bonds. The van der Waals surface area contributed by atoms with Gasteiger partial charge in [0.2, 0.25) is 0 Å². The number of hydrogen-bond donors (Lipinski definition) is 2. The molecule has 0 aliphatic carbocycles. The molecule has 0 fully saturated rings. The first-order valence-corrected chi connectivity index (χ1v) is 4.96. The van der Waals surface area contributed by atoms with Crippen molar-refractivity contribution in [3.63, 3.8) is 0 Å². The highest BCUT2D eigenvalue weighted by Crippen LogP contribution is 2.02. The number of thiol groups is 1. The fraction of sp³-hybridized carbons (Fsp3) is 0.273. The number of phenols is 1. The molecule has 0 saturated heterocycles. The molecule has 1 aromatic rings. The summed E-state index contributed by atoms with van der Waals surface area (Å²) in [6, 6.07) is 8.71. The maximum atomic E-state index is 8.63. The lowest BCUT2D eigenvalue weighted by Crippen LogP contribution is -1.56. The van der Waals surface area contributed by atoms with E-state index in [1.807, 2.05) is 32.1 Å². The van der Waals surface area contributed by atoms with E-state index in [1.54, 1.807) is 30.5 Å². The van der Waals surface area contributed by atoms with Gasteiger partial charge >= 0.3 is 0 Å². The fourth-order valence-electron chi connectivity index (χ4n) is 0.428. The van der Waals surface area contributed by atoms with Crippen LogP contribution in [0.25, 0.3) is 0 Å². The van der Waals surface area contributed by atoms with Crippen molar-refractivity contribution in [3.05, 3.63) is 42.5 Å². The predicted octanol–water partition coefficient (Wildman–Crippen LogP) is 3.52. The molecule has 0 heterocycles. The van der Waals surface area contributed by atoms with Crippen molar-refractivity contribution < 1.29 is 5.11 Å². The average molecular weight is 198 g/mol. The maximum Gasteiger partial charge on any atom is 0.115 e. The Hall–Kier alpha value is -0.890. The van der Waals surface area contributed by atoms with Crippen LogP contribution in [0.3, 0.4) is 0 Å². The van der Waals surface area contributed by atoms with Gasteiger partial charge in [0.1, 0.15) is 5.75 Å². The molecule has 0 atom stereocenters. The van der Waals surface area contributed by atoms with E-state index < -0.39 is 0 Å². The van der Waals surface area contributed by atoms with Gasteiger partial charge in [0.25, 0.3) is 0 Å². The van der Waals surface area contributed by atoms with Gasteiger partial charge in [0.05, 0.1) is 0 Å². The average Bonchev–Trinajstić information content (AvgIpc) is 2.22. The van der Waals surface area contributed by atoms with E-state index in [2.05, 4.69) is 12.6 Å². The van der Waals surface area contributed by atoms with Gasteiger partial charge < -0.3 is 5.11 Å². The van der Waals surface area contributed by atoms with Crippen molar-refractivity contribution in [2.45, 2.75) is 13.8 Å². The minimum Gasteiger partial charge on any atom is -0.508 e. The second kappa shape index (κ2) is 13.7. The van der Waals surface area contributed by atoms with Crippen LogP contribution in [-0.2, 0) is 0 Å². The van der Waals surface area contributed by atoms with Gasteiger partial charge in [-0.1, -0.05) is 30.4 Å². The normalized spacial score (nSPS) is 8.00. The minimum absolute atomic E-state index is 0.322. The minimum atomic E-state index is 0.322. The third kappa shape index (κ3) is 14.0. The zero-order valence-electron chi connectivity index (χ0n) is 8.44. The summed E-state index contributed by atoms with van der Waals surface area (Å²) in [6.45, 7) is 4.00. The number of allylic oxidation sites excluding steroid dienone is 2. The number of aromatic hydroxyl groups is 1. The number of para-hydroxylation sites is 1. The summed E-state index contributed by atoms with van der Waals surface area (Å²) in [5, 5.41) is 8.63. The van der Waals surface area contributed by atoms with Crippen molar-refractivity contribution >= 4 is 12.6 Å². The second-order valence-corrected chi connectivity index (χ2v) is 2.00. The highest BCUT2D eigenvalue weighted by Gasteiger charge is 1.74. The molecule has 74 valence electrons. The number of phenolic OH excluding ortho intramolecular Hbond substituents is 1. The summed E-state index contributed by atoms with van der Waals surface area (Å²) < 4.78 is 0. The van der Waals surface area contributed by atoms with E-state index >= 15 is 0 Å². The van der Waals surface area contributed by atoms with Gasteiger partial charge in [0.15, 0.2) is 0 Å². The molecule has 0 aliphatic rings. The largest absolute Gasteiger partial charge is 0.508 e. The molecule has 0 spiro atoms. The molecule has 0 saturated carbocycles. The van der Waals surface area contributed by atoms with Gasteiger partial charge in [-0.3, -0.25) is 0 Å². The summed E-state index contributed by atoms with van der Waals surface area (Å²) in [6.07, 6.45) is 5.69. The lowest BCUT2D eigenvalue weighted by Gasteiger charge is -1.82. The van der Waals surface area contributed by atoms with E-state index in [0.717, 1.165) is 0 Å². The van der Waals surface area contributed by atoms with Crippen LogP contribution < -0.4 is 0 Å². The van der Waals surface area contributed by atoms with Gasteiger partial charge in [-0.05, 0) is 32.2 Å². The van der Waals surface area contributed by atoms with E-state index in [4.69, 9.17) is 5.11 Å². The van der Waals surface area contributed by atoms with Crippen molar-refractivity contribution in [1.82, 2.24) is 0 Å². The third-order valence-corrected chi connectivity index (χ3v) is 1.09. The van der Waals surface area contributed by atoms with E-state index in [9.17, 15) is 0 Å². The topological polar surface area (TPSA) is 20.2 Å². The molecular weight excluding hydrogens is 180 g/mol. The summed E-state index contributed by atoms with van der Waals surface area (Å²) in [5.41, 5.74) is 0. The molecule has 0 bridgehead atoms. The van der Waals surface area contributed by atoms with Crippen molar-refractivity contribution in [2.75, 3.05) is 6.26 Å². The summed E-state index contributed by atoms with van der Waals surface area (Å²) in [7, 11) is 0. The zero-order chi connectivity index (χ0) is 10.5. The first kappa shape index (κ1) is 14.6. The van der Waals surface area contributed by atoms with Gasteiger partial charge in [0, 0.05) is 0 Å². The van der Waals surface area contributed by atoms with Crippen LogP contribution in [0.4, 0.5) is 0 Å². The monoisotopic (exact) mass is 198 g/mol. The van der Waals surface area contributed by atoms with Gasteiger partial charge in [-0.15, -0.1) is 0 Å². The SMILES string of the molecule is C/C=C/C.CS.Oc1ccccc1. The Morgan fingerprint density at radius 1 is 1.00 bits per heavy atom. The highest BCUT2D eigenvalue weighted by molar-refractivity contribution is 7.79. The van der Waals surface area contributed by atoms with Crippen LogP contribution in [0.15, 0.2) is 42.5 Å². The lowest BCUT2D eigenvalue weighted by molar-refractivity contribution is 0.475. The standard InChI is InChI=1S/C6H6O.C4H8.CH4S/c7-6-4-2-1-3-5-6;1-3-4-2;1-2/h1-5,7H;3-4H,1-2H3;2H,1H3/b;4-3+;. The van der Waals surface area contributed by atoms with Crippen LogP contribution in [0.2, 0.25) is 0 Å². The maximum absolute atomic E-state index is 8.63. The van der Waals surface area contributed by atoms with E-state index in [1.165, 1.54) is 0 Å². The van der Waals surface area contributed by atoms with Crippen LogP contribution >= 0.6 is 12.6 Å². The molecule has 0 radical (unpaired) electrons. The predicted molar refractivity (Wildman–Crippen MR) is 63.5 cm³/mol. The molecule has 2 heteroatoms. The van der Waals surface area contributed by atoms with E-state index in [-0.39, 0.29) is 0 Å². The van der Waals surface area contributed by atoms with Crippen LogP contribution in [0, 0.1) is 0 Å². The molecule has 13 heavy (non-hydrogen) atoms. The molecular formula is C11H18OS. The van der Waals surface area contributed by atoms with Crippen LogP contribution in [0.5, 0.6) is 5.75 Å². The fourth-order valence-corrected chi connectivity index (χ4v) is 0.428. The highest BCUT2D eigenvalue weighted by atomic mass is 32.1. The van der Waals surface area contributed by atoms with Crippen LogP contribution in [0.1, 0.15) is 13.8 Å². The van der Waals surface area contributed by atoms with Crippen molar-refractivity contribution in [2.24, 2.45) is 0 Å². The summed E-state index contributed by atoms with van der Waals surface area (Å²) in [4.78, 5) is 0. The molecule has 0 aliphatic heterocycles. The summed E-state index contributed by atoms with van der Waals surface area (Å²) in [5.74, 6) is 0.322. The molecule has 1 rings (SSSR count). The molecule has 0 unspecified atom stereocenters. The first-order valence-electron chi connectivity index (χ1n) is 4.07. The lowest BCUT2D eigenvalue weighted by atomic mass is 10.3. The number of rotatable bonds is 0. The molecule has 1 nitrogen and oxygen atoms in total. The Kier molecular flexibility index (Phi) is 15.4. The zero-order valence-corrected chi connectivity index (χ0v) is 9.33. The van der Waals surface area contributed by atoms with Crippen LogP contribution in [-0.4, -0.2) is 11.4 Å². The first-order chi connectivity index (χ1) is 6.31. The Balaban J connectivity index is 0.